The molecule has 0 amide bonds. The van der Waals surface area contributed by atoms with Crippen LogP contribution in [0.1, 0.15) is 26.2 Å². The number of aromatic nitrogens is 3. The van der Waals surface area contributed by atoms with Crippen molar-refractivity contribution in [3.05, 3.63) is 0 Å². The molecule has 0 spiro atoms. The van der Waals surface area contributed by atoms with Crippen molar-refractivity contribution in [2.45, 2.75) is 31.3 Å². The third-order valence-corrected chi connectivity index (χ3v) is 3.04. The van der Waals surface area contributed by atoms with Crippen molar-refractivity contribution >= 4 is 23.7 Å². The van der Waals surface area contributed by atoms with Gasteiger partial charge in [0.1, 0.15) is 0 Å². The van der Waals surface area contributed by atoms with Crippen LogP contribution in [0.5, 0.6) is 0 Å². The molecule has 0 saturated heterocycles. The standard InChI is InChI=1S/C10H20N6S/c1-4-5-6-7-17-10-13-8(15-11)12-9(14-10)16(2)3/h4-7,11H2,1-3H3,(H,12,13,14,15). The Morgan fingerprint density at radius 2 is 2.00 bits per heavy atom. The van der Waals surface area contributed by atoms with Crippen LogP contribution in [-0.2, 0) is 0 Å². The van der Waals surface area contributed by atoms with E-state index in [1.165, 1.54) is 19.3 Å². The van der Waals surface area contributed by atoms with Crippen molar-refractivity contribution in [1.29, 1.82) is 0 Å². The molecule has 6 nitrogen and oxygen atoms in total. The van der Waals surface area contributed by atoms with Crippen molar-refractivity contribution in [3.8, 4) is 0 Å². The van der Waals surface area contributed by atoms with E-state index >= 15 is 0 Å². The first-order valence-electron chi connectivity index (χ1n) is 5.70. The third-order valence-electron chi connectivity index (χ3n) is 2.11. The molecule has 96 valence electrons. The molecule has 1 rings (SSSR count). The van der Waals surface area contributed by atoms with Crippen LogP contribution in [0.3, 0.4) is 0 Å². The number of hydrogen-bond donors (Lipinski definition) is 2. The zero-order valence-corrected chi connectivity index (χ0v) is 11.4. The highest BCUT2D eigenvalue weighted by atomic mass is 32.2. The predicted molar refractivity (Wildman–Crippen MR) is 72.2 cm³/mol. The molecule has 0 aliphatic rings. The summed E-state index contributed by atoms with van der Waals surface area (Å²) in [5.41, 5.74) is 2.46. The Hall–Kier alpha value is -1.08. The van der Waals surface area contributed by atoms with Crippen LogP contribution < -0.4 is 16.2 Å². The number of rotatable bonds is 7. The first-order chi connectivity index (χ1) is 8.17. The lowest BCUT2D eigenvalue weighted by atomic mass is 10.3. The molecule has 0 unspecified atom stereocenters. The molecule has 7 heteroatoms. The van der Waals surface area contributed by atoms with E-state index in [1.807, 2.05) is 19.0 Å². The molecule has 0 radical (unpaired) electrons. The topological polar surface area (TPSA) is 80.0 Å². The number of nitrogen functional groups attached to an aromatic ring is 1. The summed E-state index contributed by atoms with van der Waals surface area (Å²) in [6.45, 7) is 2.19. The van der Waals surface area contributed by atoms with Gasteiger partial charge in [-0.1, -0.05) is 31.5 Å². The molecule has 0 aromatic carbocycles. The van der Waals surface area contributed by atoms with E-state index in [0.29, 0.717) is 17.1 Å². The molecule has 0 fully saturated rings. The number of unbranched alkanes of at least 4 members (excludes halogenated alkanes) is 2. The van der Waals surface area contributed by atoms with E-state index in [1.54, 1.807) is 11.8 Å². The summed E-state index contributed by atoms with van der Waals surface area (Å²) < 4.78 is 0. The highest BCUT2D eigenvalue weighted by Crippen LogP contribution is 2.18. The predicted octanol–water partition coefficient (Wildman–Crippen LogP) is 1.51. The van der Waals surface area contributed by atoms with Gasteiger partial charge in [-0.3, -0.25) is 5.43 Å². The van der Waals surface area contributed by atoms with Crippen LogP contribution in [0, 0.1) is 0 Å². The Morgan fingerprint density at radius 1 is 1.24 bits per heavy atom. The lowest BCUT2D eigenvalue weighted by molar-refractivity contribution is 0.776. The number of nitrogens with one attached hydrogen (secondary N) is 1. The molecule has 1 aromatic heterocycles. The Labute approximate surface area is 106 Å². The molecule has 0 aliphatic heterocycles. The van der Waals surface area contributed by atoms with Gasteiger partial charge in [-0.15, -0.1) is 0 Å². The van der Waals surface area contributed by atoms with Gasteiger partial charge in [-0.25, -0.2) is 5.84 Å². The molecule has 0 saturated carbocycles. The van der Waals surface area contributed by atoms with Gasteiger partial charge >= 0.3 is 0 Å². The fourth-order valence-corrected chi connectivity index (χ4v) is 2.02. The Bertz CT molecular complexity index is 344. The van der Waals surface area contributed by atoms with Crippen molar-refractivity contribution in [2.75, 3.05) is 30.2 Å². The number of nitrogens with two attached hydrogens (primary N) is 1. The summed E-state index contributed by atoms with van der Waals surface area (Å²) in [4.78, 5) is 14.5. The molecule has 3 N–H and O–H groups in total. The second kappa shape index (κ2) is 7.29. The molecule has 0 atom stereocenters. The molecule has 1 aromatic rings. The van der Waals surface area contributed by atoms with E-state index in [2.05, 4.69) is 27.3 Å². The highest BCUT2D eigenvalue weighted by molar-refractivity contribution is 7.99. The van der Waals surface area contributed by atoms with Gasteiger partial charge in [0, 0.05) is 19.8 Å². The maximum atomic E-state index is 5.33. The lowest BCUT2D eigenvalue weighted by Gasteiger charge is -2.11. The van der Waals surface area contributed by atoms with Crippen LogP contribution in [0.4, 0.5) is 11.9 Å². The quantitative estimate of drug-likeness (QED) is 0.331. The van der Waals surface area contributed by atoms with Crippen molar-refractivity contribution < 1.29 is 0 Å². The van der Waals surface area contributed by atoms with Gasteiger partial charge in [-0.05, 0) is 6.42 Å². The SMILES string of the molecule is CCCCCSc1nc(NN)nc(N(C)C)n1. The van der Waals surface area contributed by atoms with Crippen LogP contribution in [-0.4, -0.2) is 34.8 Å². The summed E-state index contributed by atoms with van der Waals surface area (Å²) in [5, 5.41) is 0.716. The second-order valence-electron chi connectivity index (χ2n) is 3.84. The minimum absolute atomic E-state index is 0.404. The molecule has 0 bridgehead atoms. The Morgan fingerprint density at radius 3 is 2.59 bits per heavy atom. The molecule has 0 aliphatic carbocycles. The number of hydrazine groups is 1. The molecular weight excluding hydrogens is 236 g/mol. The Kier molecular flexibility index (Phi) is 5.99. The zero-order valence-electron chi connectivity index (χ0n) is 10.6. The van der Waals surface area contributed by atoms with Gasteiger partial charge in [0.25, 0.3) is 0 Å². The summed E-state index contributed by atoms with van der Waals surface area (Å²) in [6, 6.07) is 0. The van der Waals surface area contributed by atoms with Crippen LogP contribution in [0.25, 0.3) is 0 Å². The van der Waals surface area contributed by atoms with Crippen molar-refractivity contribution in [3.63, 3.8) is 0 Å². The Balaban J connectivity index is 2.66. The largest absolute Gasteiger partial charge is 0.347 e. The fourth-order valence-electron chi connectivity index (χ4n) is 1.19. The van der Waals surface area contributed by atoms with Gasteiger partial charge in [-0.2, -0.15) is 15.0 Å². The van der Waals surface area contributed by atoms with E-state index < -0.39 is 0 Å². The lowest BCUT2D eigenvalue weighted by Crippen LogP contribution is -2.17. The smallest absolute Gasteiger partial charge is 0.242 e. The maximum absolute atomic E-state index is 5.33. The van der Waals surface area contributed by atoms with Crippen molar-refractivity contribution in [2.24, 2.45) is 5.84 Å². The van der Waals surface area contributed by atoms with E-state index in [4.69, 9.17) is 5.84 Å². The minimum Gasteiger partial charge on any atom is -0.347 e. The number of anilines is 2. The number of hydrogen-bond acceptors (Lipinski definition) is 7. The average Bonchev–Trinajstić information content (AvgIpc) is 2.34. The highest BCUT2D eigenvalue weighted by Gasteiger charge is 2.07. The normalized spacial score (nSPS) is 10.4. The average molecular weight is 256 g/mol. The minimum atomic E-state index is 0.404. The summed E-state index contributed by atoms with van der Waals surface area (Å²) in [5.74, 6) is 7.38. The summed E-state index contributed by atoms with van der Waals surface area (Å²) in [7, 11) is 3.78. The number of thioether (sulfide) groups is 1. The van der Waals surface area contributed by atoms with Gasteiger partial charge in [0.05, 0.1) is 0 Å². The van der Waals surface area contributed by atoms with Gasteiger partial charge in [0.2, 0.25) is 11.9 Å². The monoisotopic (exact) mass is 256 g/mol. The van der Waals surface area contributed by atoms with Crippen LogP contribution >= 0.6 is 11.8 Å². The van der Waals surface area contributed by atoms with Crippen LogP contribution in [0.15, 0.2) is 5.16 Å². The van der Waals surface area contributed by atoms with Crippen molar-refractivity contribution in [1.82, 2.24) is 15.0 Å². The first-order valence-corrected chi connectivity index (χ1v) is 6.68. The van der Waals surface area contributed by atoms with Crippen LogP contribution in [0.2, 0.25) is 0 Å². The van der Waals surface area contributed by atoms with E-state index in [9.17, 15) is 0 Å². The third kappa shape index (κ3) is 4.74. The van der Waals surface area contributed by atoms with Gasteiger partial charge in [0.15, 0.2) is 5.16 Å². The van der Waals surface area contributed by atoms with E-state index in [-0.39, 0.29) is 0 Å². The number of nitrogens with zero attached hydrogens (tertiary/aromatic N) is 4. The first kappa shape index (κ1) is 14.0. The molecule has 1 heterocycles. The van der Waals surface area contributed by atoms with E-state index in [0.717, 1.165) is 5.75 Å². The maximum Gasteiger partial charge on any atom is 0.242 e. The molecular formula is C10H20N6S. The van der Waals surface area contributed by atoms with Gasteiger partial charge < -0.3 is 4.90 Å². The zero-order chi connectivity index (χ0) is 12.7. The summed E-state index contributed by atoms with van der Waals surface area (Å²) >= 11 is 1.64. The molecule has 17 heavy (non-hydrogen) atoms. The summed E-state index contributed by atoms with van der Waals surface area (Å²) in [6.07, 6.45) is 3.63. The fraction of sp³-hybridized carbons (Fsp3) is 0.700. The second-order valence-corrected chi connectivity index (χ2v) is 4.90.